The van der Waals surface area contributed by atoms with Crippen LogP contribution in [-0.4, -0.2) is 5.78 Å². The van der Waals surface area contributed by atoms with Crippen LogP contribution < -0.4 is 0 Å². The maximum Gasteiger partial charge on any atom is 0.143 e. The Kier molecular flexibility index (Phi) is 1.55. The minimum atomic E-state index is 0.0943. The summed E-state index contributed by atoms with van der Waals surface area (Å²) in [4.78, 5) is 12.3. The van der Waals surface area contributed by atoms with Crippen molar-refractivity contribution in [2.75, 3.05) is 0 Å². The molecule has 0 aromatic carbocycles. The fraction of sp³-hybridized carbons (Fsp3) is 0.769. The lowest BCUT2D eigenvalue weighted by molar-refractivity contribution is -0.131. The van der Waals surface area contributed by atoms with Crippen LogP contribution in [0.3, 0.4) is 0 Å². The Morgan fingerprint density at radius 3 is 2.29 bits per heavy atom. The lowest BCUT2D eigenvalue weighted by Gasteiger charge is -2.32. The van der Waals surface area contributed by atoms with Crippen molar-refractivity contribution in [3.05, 3.63) is 11.1 Å². The maximum atomic E-state index is 12.3. The van der Waals surface area contributed by atoms with E-state index < -0.39 is 0 Å². The van der Waals surface area contributed by atoms with Gasteiger partial charge in [0.1, 0.15) is 5.78 Å². The molecule has 1 spiro atoms. The molecule has 3 aliphatic carbocycles. The molecule has 2 saturated carbocycles. The Morgan fingerprint density at radius 2 is 1.79 bits per heavy atom. The molecule has 0 radical (unpaired) electrons. The number of carbonyl (C=O) groups excluding carboxylic acids is 1. The van der Waals surface area contributed by atoms with E-state index in [2.05, 4.69) is 13.8 Å². The van der Waals surface area contributed by atoms with Crippen LogP contribution in [0.25, 0.3) is 0 Å². The lowest BCUT2D eigenvalue weighted by Crippen LogP contribution is -2.34. The smallest absolute Gasteiger partial charge is 0.143 e. The van der Waals surface area contributed by atoms with Gasteiger partial charge in [-0.25, -0.2) is 0 Å². The van der Waals surface area contributed by atoms with E-state index in [0.717, 1.165) is 18.8 Å². The molecule has 0 N–H and O–H groups in total. The van der Waals surface area contributed by atoms with Crippen molar-refractivity contribution in [3.8, 4) is 0 Å². The van der Waals surface area contributed by atoms with E-state index in [1.807, 2.05) is 0 Å². The lowest BCUT2D eigenvalue weighted by atomic mass is 9.69. The molecule has 1 heteroatoms. The zero-order valence-corrected chi connectivity index (χ0v) is 9.10. The average Bonchev–Trinajstić information content (AvgIpc) is 2.76. The Morgan fingerprint density at radius 1 is 1.14 bits per heavy atom. The summed E-state index contributed by atoms with van der Waals surface area (Å²) >= 11 is 0. The molecule has 2 fully saturated rings. The van der Waals surface area contributed by atoms with Crippen LogP contribution in [0.2, 0.25) is 0 Å². The third kappa shape index (κ3) is 0.838. The quantitative estimate of drug-likeness (QED) is 0.536. The van der Waals surface area contributed by atoms with Gasteiger partial charge in [0, 0.05) is 11.3 Å². The molecule has 1 nitrogen and oxygen atoms in total. The molecule has 0 aliphatic heterocycles. The van der Waals surface area contributed by atoms with Gasteiger partial charge in [0.2, 0.25) is 0 Å². The van der Waals surface area contributed by atoms with E-state index in [1.54, 1.807) is 0 Å². The molecule has 3 aliphatic rings. The predicted molar refractivity (Wildman–Crippen MR) is 55.9 cm³/mol. The standard InChI is InChI=1S/C13H18O/c1-8-6-13(7-9(8)2)11-4-3-10(5-11)12(13)14/h10-11H,3-7H2,1-2H3/t10-,11+/m1/s1. The number of rotatable bonds is 0. The highest BCUT2D eigenvalue weighted by Crippen LogP contribution is 2.61. The monoisotopic (exact) mass is 190 g/mol. The summed E-state index contributed by atoms with van der Waals surface area (Å²) in [6.45, 7) is 4.42. The number of fused-ring (bicyclic) bond motifs is 3. The molecule has 76 valence electrons. The summed E-state index contributed by atoms with van der Waals surface area (Å²) in [5, 5.41) is 0. The molecule has 3 rings (SSSR count). The number of hydrogen-bond acceptors (Lipinski definition) is 1. The van der Waals surface area contributed by atoms with Gasteiger partial charge in [0.15, 0.2) is 0 Å². The van der Waals surface area contributed by atoms with Crippen molar-refractivity contribution in [2.45, 2.75) is 46.0 Å². The molecule has 0 saturated heterocycles. The van der Waals surface area contributed by atoms with Crippen molar-refractivity contribution < 1.29 is 4.79 Å². The first-order valence-corrected chi connectivity index (χ1v) is 5.83. The number of carbonyl (C=O) groups is 1. The first kappa shape index (κ1) is 8.70. The molecule has 0 heterocycles. The summed E-state index contributed by atoms with van der Waals surface area (Å²) in [6.07, 6.45) is 5.87. The normalized spacial score (nSPS) is 39.1. The van der Waals surface area contributed by atoms with Crippen molar-refractivity contribution >= 4 is 5.78 Å². The van der Waals surface area contributed by atoms with Crippen molar-refractivity contribution in [1.29, 1.82) is 0 Å². The molecule has 0 aromatic rings. The van der Waals surface area contributed by atoms with Crippen LogP contribution in [0.15, 0.2) is 11.1 Å². The molecular formula is C13H18O. The van der Waals surface area contributed by atoms with Crippen LogP contribution in [-0.2, 0) is 4.79 Å². The minimum absolute atomic E-state index is 0.0943. The van der Waals surface area contributed by atoms with Gasteiger partial charge in [-0.3, -0.25) is 4.79 Å². The molecule has 2 bridgehead atoms. The average molecular weight is 190 g/mol. The van der Waals surface area contributed by atoms with Crippen LogP contribution in [0.1, 0.15) is 46.0 Å². The van der Waals surface area contributed by atoms with Crippen LogP contribution in [0.5, 0.6) is 0 Å². The predicted octanol–water partition coefficient (Wildman–Crippen LogP) is 3.10. The first-order valence-electron chi connectivity index (χ1n) is 5.83. The van der Waals surface area contributed by atoms with Crippen LogP contribution in [0.4, 0.5) is 0 Å². The molecule has 2 atom stereocenters. The third-order valence-electron chi connectivity index (χ3n) is 4.97. The van der Waals surface area contributed by atoms with Crippen LogP contribution in [0, 0.1) is 17.3 Å². The SMILES string of the molecule is CC1=C(C)CC2(C1)C(=O)[C@@H]1CC[C@H]2C1. The Balaban J connectivity index is 1.97. The maximum absolute atomic E-state index is 12.3. The van der Waals surface area contributed by atoms with E-state index in [0.29, 0.717) is 11.7 Å². The summed E-state index contributed by atoms with van der Waals surface area (Å²) in [5.41, 5.74) is 3.08. The molecule has 0 amide bonds. The topological polar surface area (TPSA) is 17.1 Å². The van der Waals surface area contributed by atoms with Gasteiger partial charge < -0.3 is 0 Å². The van der Waals surface area contributed by atoms with E-state index >= 15 is 0 Å². The minimum Gasteiger partial charge on any atom is -0.299 e. The number of allylic oxidation sites excluding steroid dienone is 2. The number of Topliss-reactive ketones (excluding diaryl/α,β-unsaturated/α-hetero) is 1. The zero-order chi connectivity index (χ0) is 9.92. The van der Waals surface area contributed by atoms with Gasteiger partial charge in [0.25, 0.3) is 0 Å². The third-order valence-corrected chi connectivity index (χ3v) is 4.97. The van der Waals surface area contributed by atoms with E-state index in [9.17, 15) is 4.79 Å². The van der Waals surface area contributed by atoms with E-state index in [-0.39, 0.29) is 5.41 Å². The largest absolute Gasteiger partial charge is 0.299 e. The fourth-order valence-corrected chi connectivity index (χ4v) is 4.10. The summed E-state index contributed by atoms with van der Waals surface area (Å²) < 4.78 is 0. The van der Waals surface area contributed by atoms with Gasteiger partial charge in [-0.1, -0.05) is 11.1 Å². The Hall–Kier alpha value is -0.590. The Bertz CT molecular complexity index is 323. The zero-order valence-electron chi connectivity index (χ0n) is 9.10. The van der Waals surface area contributed by atoms with E-state index in [1.165, 1.54) is 30.4 Å². The van der Waals surface area contributed by atoms with Gasteiger partial charge >= 0.3 is 0 Å². The number of ketones is 1. The summed E-state index contributed by atoms with van der Waals surface area (Å²) in [6, 6.07) is 0. The van der Waals surface area contributed by atoms with Gasteiger partial charge in [-0.05, 0) is 51.9 Å². The van der Waals surface area contributed by atoms with Gasteiger partial charge in [-0.15, -0.1) is 0 Å². The Labute approximate surface area is 85.6 Å². The van der Waals surface area contributed by atoms with E-state index in [4.69, 9.17) is 0 Å². The van der Waals surface area contributed by atoms with Crippen molar-refractivity contribution in [2.24, 2.45) is 17.3 Å². The first-order chi connectivity index (χ1) is 6.63. The highest BCUT2D eigenvalue weighted by atomic mass is 16.1. The molecular weight excluding hydrogens is 172 g/mol. The second-order valence-electron chi connectivity index (χ2n) is 5.64. The number of hydrogen-bond donors (Lipinski definition) is 0. The van der Waals surface area contributed by atoms with Gasteiger partial charge in [0.05, 0.1) is 0 Å². The highest BCUT2D eigenvalue weighted by Gasteiger charge is 2.58. The fourth-order valence-electron chi connectivity index (χ4n) is 4.10. The second-order valence-corrected chi connectivity index (χ2v) is 5.64. The highest BCUT2D eigenvalue weighted by molar-refractivity contribution is 5.91. The molecule has 0 unspecified atom stereocenters. The molecule has 0 aromatic heterocycles. The van der Waals surface area contributed by atoms with Crippen molar-refractivity contribution in [3.63, 3.8) is 0 Å². The second kappa shape index (κ2) is 2.50. The molecule has 14 heavy (non-hydrogen) atoms. The summed E-state index contributed by atoms with van der Waals surface area (Å²) in [7, 11) is 0. The summed E-state index contributed by atoms with van der Waals surface area (Å²) in [5.74, 6) is 1.79. The van der Waals surface area contributed by atoms with Crippen LogP contribution >= 0.6 is 0 Å². The van der Waals surface area contributed by atoms with Gasteiger partial charge in [-0.2, -0.15) is 0 Å². The van der Waals surface area contributed by atoms with Crippen molar-refractivity contribution in [1.82, 2.24) is 0 Å².